The van der Waals surface area contributed by atoms with Gasteiger partial charge in [0.05, 0.1) is 42.0 Å². The molecule has 0 fully saturated rings. The molecule has 204 valence electrons. The molecule has 13 nitrogen and oxygen atoms in total. The zero-order valence-electron chi connectivity index (χ0n) is 20.9. The third-order valence-electron chi connectivity index (χ3n) is 5.64. The molecule has 3 heterocycles. The van der Waals surface area contributed by atoms with Crippen LogP contribution in [-0.2, 0) is 43.5 Å². The van der Waals surface area contributed by atoms with Crippen LogP contribution in [0.1, 0.15) is 45.6 Å². The first-order valence-electron chi connectivity index (χ1n) is 11.8. The van der Waals surface area contributed by atoms with E-state index in [0.717, 1.165) is 6.07 Å². The van der Waals surface area contributed by atoms with Gasteiger partial charge in [0.2, 0.25) is 0 Å². The molecule has 0 saturated carbocycles. The summed E-state index contributed by atoms with van der Waals surface area (Å²) in [5.74, 6) is -2.03. The Morgan fingerprint density at radius 1 is 1.24 bits per heavy atom. The molecule has 0 radical (unpaired) electrons. The van der Waals surface area contributed by atoms with Crippen LogP contribution in [0.5, 0.6) is 0 Å². The van der Waals surface area contributed by atoms with E-state index in [4.69, 9.17) is 13.7 Å². The van der Waals surface area contributed by atoms with Gasteiger partial charge in [-0.05, 0) is 31.5 Å². The summed E-state index contributed by atoms with van der Waals surface area (Å²) < 4.78 is 56.5. The van der Waals surface area contributed by atoms with Gasteiger partial charge in [0, 0.05) is 20.2 Å². The van der Waals surface area contributed by atoms with Crippen molar-refractivity contribution < 1.29 is 36.1 Å². The predicted octanol–water partition coefficient (Wildman–Crippen LogP) is 1.32. The smallest absolute Gasteiger partial charge is 0.358 e. The highest BCUT2D eigenvalue weighted by Crippen LogP contribution is 2.26. The number of imidazole rings is 1. The maximum absolute atomic E-state index is 13.7. The van der Waals surface area contributed by atoms with Crippen molar-refractivity contribution >= 4 is 22.0 Å². The average molecular weight is 551 g/mol. The number of fused-ring (bicyclic) bond motifs is 3. The van der Waals surface area contributed by atoms with Crippen molar-refractivity contribution in [3.05, 3.63) is 59.2 Å². The predicted molar refractivity (Wildman–Crippen MR) is 129 cm³/mol. The Kier molecular flexibility index (Phi) is 8.48. The van der Waals surface area contributed by atoms with Gasteiger partial charge in [-0.1, -0.05) is 5.21 Å². The summed E-state index contributed by atoms with van der Waals surface area (Å²) in [6.07, 6.45) is 3.28. The molecular weight excluding hydrogens is 523 g/mol. The van der Waals surface area contributed by atoms with Crippen molar-refractivity contribution in [1.29, 1.82) is 0 Å². The molecular formula is C23H27FN6O7S. The number of benzene rings is 1. The Labute approximate surface area is 218 Å². The SMILES string of the molecule is CCOCc1cn(CCCS(=O)(=O)OCCOC(=O)c2ncn3c2CN(C)C(=O)c2cc(F)ccc2-3)nn1. The fraction of sp³-hybridized carbons (Fsp3) is 0.435. The Morgan fingerprint density at radius 3 is 2.84 bits per heavy atom. The molecule has 1 amide bonds. The van der Waals surface area contributed by atoms with Crippen molar-refractivity contribution in [3.63, 3.8) is 0 Å². The molecule has 1 aromatic carbocycles. The van der Waals surface area contributed by atoms with Crippen molar-refractivity contribution in [1.82, 2.24) is 29.4 Å². The molecule has 0 saturated heterocycles. The summed E-state index contributed by atoms with van der Waals surface area (Å²) in [5, 5.41) is 7.86. The topological polar surface area (TPSA) is 148 Å². The number of esters is 1. The number of rotatable bonds is 12. The fourth-order valence-electron chi connectivity index (χ4n) is 3.84. The van der Waals surface area contributed by atoms with Crippen LogP contribution in [0.15, 0.2) is 30.7 Å². The Balaban J connectivity index is 1.28. The summed E-state index contributed by atoms with van der Waals surface area (Å²) in [7, 11) is -2.33. The first-order chi connectivity index (χ1) is 18.2. The highest BCUT2D eigenvalue weighted by Gasteiger charge is 2.29. The molecule has 1 aliphatic heterocycles. The third kappa shape index (κ3) is 6.41. The molecule has 38 heavy (non-hydrogen) atoms. The Hall–Kier alpha value is -3.69. The van der Waals surface area contributed by atoms with Crippen LogP contribution in [0.25, 0.3) is 5.69 Å². The van der Waals surface area contributed by atoms with Crippen LogP contribution >= 0.6 is 0 Å². The number of halogens is 1. The van der Waals surface area contributed by atoms with Crippen LogP contribution in [-0.4, -0.2) is 82.4 Å². The summed E-state index contributed by atoms with van der Waals surface area (Å²) in [4.78, 5) is 30.8. The second kappa shape index (κ2) is 11.8. The first kappa shape index (κ1) is 27.3. The van der Waals surface area contributed by atoms with E-state index in [1.165, 1.54) is 39.7 Å². The van der Waals surface area contributed by atoms with Gasteiger partial charge < -0.3 is 14.4 Å². The van der Waals surface area contributed by atoms with E-state index < -0.39 is 27.8 Å². The van der Waals surface area contributed by atoms with Crippen LogP contribution < -0.4 is 0 Å². The van der Waals surface area contributed by atoms with Crippen molar-refractivity contribution in [2.75, 3.05) is 32.6 Å². The molecule has 0 unspecified atom stereocenters. The molecule has 0 aliphatic carbocycles. The van der Waals surface area contributed by atoms with E-state index in [9.17, 15) is 22.4 Å². The van der Waals surface area contributed by atoms with Crippen molar-refractivity contribution in [3.8, 4) is 5.69 Å². The number of hydrogen-bond acceptors (Lipinski definition) is 10. The maximum atomic E-state index is 13.7. The molecule has 0 spiro atoms. The maximum Gasteiger partial charge on any atom is 0.358 e. The van der Waals surface area contributed by atoms with E-state index in [1.54, 1.807) is 6.20 Å². The zero-order chi connectivity index (χ0) is 27.3. The molecule has 3 aromatic rings. The lowest BCUT2D eigenvalue weighted by molar-refractivity contribution is 0.0443. The minimum atomic E-state index is -3.85. The highest BCUT2D eigenvalue weighted by atomic mass is 32.2. The largest absolute Gasteiger partial charge is 0.458 e. The van der Waals surface area contributed by atoms with Crippen LogP contribution in [0.3, 0.4) is 0 Å². The van der Waals surface area contributed by atoms with Gasteiger partial charge in [-0.15, -0.1) is 5.10 Å². The van der Waals surface area contributed by atoms with E-state index >= 15 is 0 Å². The van der Waals surface area contributed by atoms with Gasteiger partial charge in [-0.2, -0.15) is 8.42 Å². The molecule has 0 bridgehead atoms. The molecule has 15 heteroatoms. The van der Waals surface area contributed by atoms with E-state index in [2.05, 4.69) is 15.3 Å². The summed E-state index contributed by atoms with van der Waals surface area (Å²) in [6, 6.07) is 3.77. The number of aromatic nitrogens is 5. The Bertz CT molecular complexity index is 1420. The zero-order valence-corrected chi connectivity index (χ0v) is 21.7. The Morgan fingerprint density at radius 2 is 2.05 bits per heavy atom. The normalized spacial score (nSPS) is 13.2. The number of nitrogens with zero attached hydrogens (tertiary/aromatic N) is 6. The van der Waals surface area contributed by atoms with Gasteiger partial charge >= 0.3 is 5.97 Å². The molecule has 4 rings (SSSR count). The molecule has 0 atom stereocenters. The van der Waals surface area contributed by atoms with E-state index in [0.29, 0.717) is 36.8 Å². The first-order valence-corrected chi connectivity index (χ1v) is 13.4. The average Bonchev–Trinajstić information content (AvgIpc) is 3.49. The minimum Gasteiger partial charge on any atom is -0.458 e. The van der Waals surface area contributed by atoms with Crippen LogP contribution in [0, 0.1) is 5.82 Å². The lowest BCUT2D eigenvalue weighted by atomic mass is 10.1. The number of hydrogen-bond donors (Lipinski definition) is 0. The molecule has 2 aromatic heterocycles. The fourth-order valence-corrected chi connectivity index (χ4v) is 4.76. The number of carbonyl (C=O) groups is 2. The van der Waals surface area contributed by atoms with Gasteiger partial charge in [0.15, 0.2) is 5.69 Å². The summed E-state index contributed by atoms with van der Waals surface area (Å²) in [5.41, 5.74) is 1.51. The van der Waals surface area contributed by atoms with Gasteiger partial charge in [0.1, 0.15) is 31.1 Å². The standard InChI is InChI=1S/C23H27FN6O7S/c1-3-35-14-17-12-29(27-26-17)7-4-10-38(33,34)37-9-8-36-23(32)21-20-13-28(2)22(31)18-11-16(24)5-6-19(18)30(20)15-25-21/h5-6,11-12,15H,3-4,7-10,13-14H2,1-2H3. The van der Waals surface area contributed by atoms with Gasteiger partial charge in [-0.25, -0.2) is 14.2 Å². The minimum absolute atomic E-state index is 0.0311. The van der Waals surface area contributed by atoms with E-state index in [-0.39, 0.29) is 43.2 Å². The number of aryl methyl sites for hydroxylation is 1. The quantitative estimate of drug-likeness (QED) is 0.184. The van der Waals surface area contributed by atoms with Gasteiger partial charge in [0.25, 0.3) is 16.0 Å². The van der Waals surface area contributed by atoms with Crippen molar-refractivity contribution in [2.24, 2.45) is 0 Å². The summed E-state index contributed by atoms with van der Waals surface area (Å²) in [6.45, 7) is 2.42. The molecule has 0 N–H and O–H groups in total. The number of amides is 1. The number of carbonyl (C=O) groups excluding carboxylic acids is 2. The van der Waals surface area contributed by atoms with Crippen LogP contribution in [0.4, 0.5) is 4.39 Å². The van der Waals surface area contributed by atoms with E-state index in [1.807, 2.05) is 6.92 Å². The van der Waals surface area contributed by atoms with Crippen molar-refractivity contribution in [2.45, 2.75) is 33.0 Å². The highest BCUT2D eigenvalue weighted by molar-refractivity contribution is 7.86. The van der Waals surface area contributed by atoms with Gasteiger partial charge in [-0.3, -0.25) is 18.2 Å². The summed E-state index contributed by atoms with van der Waals surface area (Å²) >= 11 is 0. The number of ether oxygens (including phenoxy) is 2. The van der Waals surface area contributed by atoms with Crippen LogP contribution in [0.2, 0.25) is 0 Å². The third-order valence-corrected chi connectivity index (χ3v) is 6.96. The lowest BCUT2D eigenvalue weighted by Crippen LogP contribution is -2.26. The lowest BCUT2D eigenvalue weighted by Gasteiger charge is -2.14. The molecule has 1 aliphatic rings. The monoisotopic (exact) mass is 550 g/mol. The second-order valence-electron chi connectivity index (χ2n) is 8.42. The second-order valence-corrected chi connectivity index (χ2v) is 10.2.